The Morgan fingerprint density at radius 3 is 2.25 bits per heavy atom. The molecule has 2 aromatic heterocycles. The third kappa shape index (κ3) is 12.9. The van der Waals surface area contributed by atoms with Gasteiger partial charge in [-0.2, -0.15) is 4.98 Å². The number of hydroxylamine groups is 2. The van der Waals surface area contributed by atoms with Gasteiger partial charge in [0.1, 0.15) is 6.04 Å². The van der Waals surface area contributed by atoms with Crippen LogP contribution < -0.4 is 27.2 Å². The quantitative estimate of drug-likeness (QED) is 0.0533. The summed E-state index contributed by atoms with van der Waals surface area (Å²) in [6.45, 7) is 1.49. The molecule has 3 aromatic rings. The summed E-state index contributed by atoms with van der Waals surface area (Å²) in [5.74, 6) is -4.26. The van der Waals surface area contributed by atoms with Crippen LogP contribution in [0, 0.1) is 0 Å². The van der Waals surface area contributed by atoms with Crippen LogP contribution in [-0.2, 0) is 49.6 Å². The maximum absolute atomic E-state index is 12.7. The number of anilines is 2. The summed E-state index contributed by atoms with van der Waals surface area (Å²) < 4.78 is 16.0. The van der Waals surface area contributed by atoms with E-state index in [0.717, 1.165) is 0 Å². The van der Waals surface area contributed by atoms with Gasteiger partial charge in [0, 0.05) is 37.1 Å². The number of nitrogens with zero attached hydrogens (tertiary/aromatic N) is 4. The van der Waals surface area contributed by atoms with Crippen LogP contribution >= 0.6 is 0 Å². The summed E-state index contributed by atoms with van der Waals surface area (Å²) in [6, 6.07) is 4.92. The van der Waals surface area contributed by atoms with Crippen LogP contribution in [0.25, 0.3) is 11.2 Å². The van der Waals surface area contributed by atoms with Crippen molar-refractivity contribution in [3.05, 3.63) is 52.1 Å². The van der Waals surface area contributed by atoms with Crippen molar-refractivity contribution < 1.29 is 52.9 Å². The third-order valence-corrected chi connectivity index (χ3v) is 7.33. The second-order valence-corrected chi connectivity index (χ2v) is 11.3. The van der Waals surface area contributed by atoms with E-state index in [0.29, 0.717) is 16.4 Å². The molecule has 1 aromatic carbocycles. The van der Waals surface area contributed by atoms with E-state index in [9.17, 15) is 38.7 Å². The molecule has 0 saturated carbocycles. The Labute approximate surface area is 300 Å². The summed E-state index contributed by atoms with van der Waals surface area (Å²) in [5.41, 5.74) is 6.45. The van der Waals surface area contributed by atoms with E-state index in [-0.39, 0.29) is 108 Å². The minimum absolute atomic E-state index is 0.0189. The minimum Gasteiger partial charge on any atom is -0.480 e. The molecule has 0 unspecified atom stereocenters. The molecule has 1 saturated heterocycles. The van der Waals surface area contributed by atoms with Gasteiger partial charge in [0.05, 0.1) is 64.5 Å². The first-order valence-corrected chi connectivity index (χ1v) is 16.5. The van der Waals surface area contributed by atoms with Crippen molar-refractivity contribution in [2.24, 2.45) is 0 Å². The van der Waals surface area contributed by atoms with Gasteiger partial charge in [-0.05, 0) is 30.7 Å². The number of hydrogen-bond acceptors (Lipinski definition) is 16. The first-order chi connectivity index (χ1) is 25.5. The predicted octanol–water partition coefficient (Wildman–Crippen LogP) is -0.966. The lowest BCUT2D eigenvalue weighted by Gasteiger charge is -2.15. The molecule has 0 spiro atoms. The van der Waals surface area contributed by atoms with Crippen LogP contribution in [0.2, 0.25) is 0 Å². The lowest BCUT2D eigenvalue weighted by molar-refractivity contribution is -0.198. The van der Waals surface area contributed by atoms with Crippen LogP contribution in [0.5, 0.6) is 0 Å². The molecule has 1 fully saturated rings. The smallest absolute Gasteiger partial charge is 0.335 e. The third-order valence-electron chi connectivity index (χ3n) is 7.33. The average Bonchev–Trinajstić information content (AvgIpc) is 3.45. The zero-order valence-corrected chi connectivity index (χ0v) is 28.5. The number of nitrogen functional groups attached to an aromatic ring is 1. The number of carbonyl (C=O) groups excluding carboxylic acids is 5. The van der Waals surface area contributed by atoms with Gasteiger partial charge in [-0.15, -0.1) is 5.06 Å². The average molecular weight is 742 g/mol. The van der Waals surface area contributed by atoms with Crippen LogP contribution in [0.1, 0.15) is 48.2 Å². The SMILES string of the molecule is Nc1nc2ncc(CNc3ccc(C(=O)N[C@@H](CCC(=O)NCCOCCOCCOCCC(=O)ON4C(=O)CCC4=O)C(=O)O)cc3)nc2c(=O)[nH]1. The number of hydrogen-bond donors (Lipinski definition) is 6. The second-order valence-electron chi connectivity index (χ2n) is 11.3. The van der Waals surface area contributed by atoms with Crippen molar-refractivity contribution >= 4 is 58.4 Å². The number of rotatable bonds is 22. The first-order valence-electron chi connectivity index (χ1n) is 16.5. The first kappa shape index (κ1) is 39.7. The van der Waals surface area contributed by atoms with E-state index in [4.69, 9.17) is 24.8 Å². The summed E-state index contributed by atoms with van der Waals surface area (Å²) in [4.78, 5) is 103. The number of nitrogens with one attached hydrogen (secondary N) is 4. The molecule has 0 radical (unpaired) electrons. The van der Waals surface area contributed by atoms with E-state index < -0.39 is 47.2 Å². The van der Waals surface area contributed by atoms with E-state index in [1.165, 1.54) is 18.3 Å². The van der Waals surface area contributed by atoms with Crippen LogP contribution in [0.4, 0.5) is 11.6 Å². The van der Waals surface area contributed by atoms with E-state index in [2.05, 4.69) is 35.9 Å². The van der Waals surface area contributed by atoms with Gasteiger partial charge in [-0.1, -0.05) is 0 Å². The Bertz CT molecular complexity index is 1820. The molecular weight excluding hydrogens is 702 g/mol. The molecule has 284 valence electrons. The lowest BCUT2D eigenvalue weighted by Crippen LogP contribution is -2.41. The Balaban J connectivity index is 1.03. The Morgan fingerprint density at radius 2 is 1.57 bits per heavy atom. The second kappa shape index (κ2) is 20.1. The maximum atomic E-state index is 12.7. The number of fused-ring (bicyclic) bond motifs is 1. The van der Waals surface area contributed by atoms with Crippen molar-refractivity contribution in [2.75, 3.05) is 57.2 Å². The summed E-state index contributed by atoms with van der Waals surface area (Å²) >= 11 is 0. The number of benzene rings is 1. The summed E-state index contributed by atoms with van der Waals surface area (Å²) in [7, 11) is 0. The molecule has 1 aliphatic heterocycles. The summed E-state index contributed by atoms with van der Waals surface area (Å²) in [6.07, 6.45) is 1.06. The molecule has 0 aliphatic carbocycles. The highest BCUT2D eigenvalue weighted by molar-refractivity contribution is 6.01. The molecule has 7 N–H and O–H groups in total. The van der Waals surface area contributed by atoms with Crippen LogP contribution in [0.3, 0.4) is 0 Å². The van der Waals surface area contributed by atoms with Crippen molar-refractivity contribution in [3.63, 3.8) is 0 Å². The zero-order valence-electron chi connectivity index (χ0n) is 28.5. The topological polar surface area (TPSA) is 296 Å². The van der Waals surface area contributed by atoms with E-state index >= 15 is 0 Å². The van der Waals surface area contributed by atoms with Gasteiger partial charge in [0.15, 0.2) is 11.2 Å². The number of carboxylic acid groups (broad SMARTS) is 1. The molecule has 1 aliphatic rings. The van der Waals surface area contributed by atoms with Crippen LogP contribution in [0.15, 0.2) is 35.3 Å². The van der Waals surface area contributed by atoms with Crippen molar-refractivity contribution in [3.8, 4) is 0 Å². The molecule has 0 bridgehead atoms. The molecule has 21 nitrogen and oxygen atoms in total. The van der Waals surface area contributed by atoms with E-state index in [1.807, 2.05) is 0 Å². The summed E-state index contributed by atoms with van der Waals surface area (Å²) in [5, 5.41) is 18.2. The number of imide groups is 1. The fraction of sp³-hybridized carbons (Fsp3) is 0.438. The largest absolute Gasteiger partial charge is 0.480 e. The zero-order chi connectivity index (χ0) is 38.2. The standard InChI is InChI=1S/C32H39N9O12/c33-32-39-28-27(30(47)40-32)37-21(18-36-28)17-35-20-3-1-19(2-4-20)29(46)38-22(31(48)49)5-6-23(42)34-10-12-51-14-16-52-15-13-50-11-9-26(45)53-41-24(43)7-8-25(41)44/h1-4,18,22,35H,5-17H2,(H,34,42)(H,38,46)(H,48,49)(H3,33,36,39,40,47)/t22-/m0/s1. The molecule has 4 rings (SSSR count). The van der Waals surface area contributed by atoms with Crippen molar-refractivity contribution in [1.82, 2.24) is 35.6 Å². The molecule has 1 atom stereocenters. The van der Waals surface area contributed by atoms with Crippen LogP contribution in [-0.4, -0.2) is 118 Å². The van der Waals surface area contributed by atoms with Gasteiger partial charge in [0.2, 0.25) is 11.9 Å². The molecular formula is C32H39N9O12. The van der Waals surface area contributed by atoms with Gasteiger partial charge in [0.25, 0.3) is 23.3 Å². The fourth-order valence-electron chi connectivity index (χ4n) is 4.62. The number of aliphatic carboxylic acids is 1. The van der Waals surface area contributed by atoms with Gasteiger partial charge in [-0.3, -0.25) is 29.0 Å². The van der Waals surface area contributed by atoms with Gasteiger partial charge >= 0.3 is 11.9 Å². The number of carboxylic acids is 1. The highest BCUT2D eigenvalue weighted by atomic mass is 16.7. The molecule has 4 amide bonds. The van der Waals surface area contributed by atoms with Gasteiger partial charge in [-0.25, -0.2) is 19.6 Å². The van der Waals surface area contributed by atoms with E-state index in [1.54, 1.807) is 12.1 Å². The molecule has 3 heterocycles. The number of aromatic nitrogens is 4. The molecule has 53 heavy (non-hydrogen) atoms. The van der Waals surface area contributed by atoms with Gasteiger partial charge < -0.3 is 45.8 Å². The Morgan fingerprint density at radius 1 is 0.906 bits per heavy atom. The lowest BCUT2D eigenvalue weighted by atomic mass is 10.1. The fourth-order valence-corrected chi connectivity index (χ4v) is 4.62. The maximum Gasteiger partial charge on any atom is 0.335 e. The highest BCUT2D eigenvalue weighted by Gasteiger charge is 2.32. The number of nitrogens with two attached hydrogens (primary N) is 1. The predicted molar refractivity (Wildman–Crippen MR) is 182 cm³/mol. The number of amides is 4. The Hall–Kier alpha value is -6.06. The number of ether oxygens (including phenoxy) is 3. The van der Waals surface area contributed by atoms with Crippen molar-refractivity contribution in [1.29, 1.82) is 0 Å². The number of carbonyl (C=O) groups is 6. The number of H-pyrrole nitrogens is 1. The molecule has 21 heteroatoms. The monoisotopic (exact) mass is 741 g/mol. The Kier molecular flexibility index (Phi) is 15.1. The normalized spacial score (nSPS) is 13.2. The highest BCUT2D eigenvalue weighted by Crippen LogP contribution is 2.14. The minimum atomic E-state index is -1.30. The number of aromatic amines is 1. The van der Waals surface area contributed by atoms with Crippen molar-refractivity contribution in [2.45, 2.75) is 44.7 Å².